The number of aliphatic imine (C=N–C) groups is 1. The van der Waals surface area contributed by atoms with E-state index < -0.39 is 0 Å². The molecular formula is C14H18N2S. The molecule has 1 aliphatic heterocycles. The standard InChI is InChI=1S/C14H18N2S/c1-9-3-4-10(2)13-11(9)5-6-12(13)16-14-15-7-8-17-14/h3-4,12H,5-8H2,1-2H3,(H,15,16). The Morgan fingerprint density at radius 1 is 1.29 bits per heavy atom. The number of benzene rings is 1. The van der Waals surface area contributed by atoms with Crippen LogP contribution in [-0.4, -0.2) is 17.5 Å². The Bertz CT molecular complexity index is 479. The maximum absolute atomic E-state index is 4.49. The quantitative estimate of drug-likeness (QED) is 0.824. The minimum absolute atomic E-state index is 0.481. The van der Waals surface area contributed by atoms with Crippen LogP contribution in [-0.2, 0) is 6.42 Å². The topological polar surface area (TPSA) is 24.4 Å². The third-order valence-electron chi connectivity index (χ3n) is 3.72. The first kappa shape index (κ1) is 11.1. The van der Waals surface area contributed by atoms with Crippen molar-refractivity contribution in [2.45, 2.75) is 32.7 Å². The molecule has 1 heterocycles. The fourth-order valence-electron chi connectivity index (χ4n) is 2.86. The first-order chi connectivity index (χ1) is 8.25. The van der Waals surface area contributed by atoms with E-state index in [-0.39, 0.29) is 0 Å². The first-order valence-corrected chi connectivity index (χ1v) is 7.27. The molecule has 0 fully saturated rings. The molecule has 2 aliphatic rings. The van der Waals surface area contributed by atoms with Gasteiger partial charge in [0.25, 0.3) is 0 Å². The van der Waals surface area contributed by atoms with Gasteiger partial charge in [-0.15, -0.1) is 0 Å². The van der Waals surface area contributed by atoms with E-state index in [2.05, 4.69) is 36.3 Å². The van der Waals surface area contributed by atoms with Crippen LogP contribution < -0.4 is 5.32 Å². The van der Waals surface area contributed by atoms with E-state index in [1.54, 1.807) is 5.56 Å². The van der Waals surface area contributed by atoms with Gasteiger partial charge in [0.15, 0.2) is 5.17 Å². The molecule has 0 bridgehead atoms. The highest BCUT2D eigenvalue weighted by molar-refractivity contribution is 8.14. The number of amidine groups is 1. The largest absolute Gasteiger partial charge is 0.358 e. The highest BCUT2D eigenvalue weighted by atomic mass is 32.2. The Morgan fingerprint density at radius 3 is 2.88 bits per heavy atom. The van der Waals surface area contributed by atoms with Crippen molar-refractivity contribution in [1.29, 1.82) is 0 Å². The highest BCUT2D eigenvalue weighted by Crippen LogP contribution is 2.36. The van der Waals surface area contributed by atoms with Gasteiger partial charge in [-0.1, -0.05) is 23.9 Å². The van der Waals surface area contributed by atoms with E-state index in [0.717, 1.165) is 17.5 Å². The van der Waals surface area contributed by atoms with Crippen molar-refractivity contribution in [1.82, 2.24) is 5.32 Å². The van der Waals surface area contributed by atoms with Crippen molar-refractivity contribution >= 4 is 16.9 Å². The molecule has 1 unspecified atom stereocenters. The van der Waals surface area contributed by atoms with Crippen LogP contribution in [0.25, 0.3) is 0 Å². The van der Waals surface area contributed by atoms with Crippen molar-refractivity contribution < 1.29 is 0 Å². The second-order valence-corrected chi connectivity index (χ2v) is 5.95. The summed E-state index contributed by atoms with van der Waals surface area (Å²) in [6.45, 7) is 5.42. The molecule has 1 atom stereocenters. The van der Waals surface area contributed by atoms with Crippen LogP contribution in [0.1, 0.15) is 34.7 Å². The minimum Gasteiger partial charge on any atom is -0.358 e. The minimum atomic E-state index is 0.481. The molecular weight excluding hydrogens is 228 g/mol. The summed E-state index contributed by atoms with van der Waals surface area (Å²) in [4.78, 5) is 4.49. The summed E-state index contributed by atoms with van der Waals surface area (Å²) in [6, 6.07) is 4.98. The lowest BCUT2D eigenvalue weighted by molar-refractivity contribution is 0.642. The lowest BCUT2D eigenvalue weighted by atomic mass is 9.98. The van der Waals surface area contributed by atoms with Gasteiger partial charge in [0.05, 0.1) is 12.6 Å². The lowest BCUT2D eigenvalue weighted by Gasteiger charge is -2.17. The van der Waals surface area contributed by atoms with E-state index in [1.807, 2.05) is 11.8 Å². The van der Waals surface area contributed by atoms with E-state index in [1.165, 1.54) is 29.5 Å². The number of fused-ring (bicyclic) bond motifs is 1. The van der Waals surface area contributed by atoms with E-state index in [9.17, 15) is 0 Å². The smallest absolute Gasteiger partial charge is 0.157 e. The van der Waals surface area contributed by atoms with Crippen LogP contribution in [0.4, 0.5) is 0 Å². The van der Waals surface area contributed by atoms with Crippen molar-refractivity contribution in [2.24, 2.45) is 4.99 Å². The van der Waals surface area contributed by atoms with Crippen molar-refractivity contribution in [3.8, 4) is 0 Å². The maximum atomic E-state index is 4.49. The normalized spacial score (nSPS) is 22.5. The van der Waals surface area contributed by atoms with E-state index >= 15 is 0 Å². The number of nitrogens with one attached hydrogen (secondary N) is 1. The fraction of sp³-hybridized carbons (Fsp3) is 0.500. The summed E-state index contributed by atoms with van der Waals surface area (Å²) < 4.78 is 0. The average Bonchev–Trinajstić information content (AvgIpc) is 2.94. The molecule has 90 valence electrons. The SMILES string of the molecule is Cc1ccc(C)c2c1CCC2NC1=NCCS1. The van der Waals surface area contributed by atoms with Crippen LogP contribution >= 0.6 is 11.8 Å². The predicted octanol–water partition coefficient (Wildman–Crippen LogP) is 2.98. The molecule has 1 aromatic carbocycles. The van der Waals surface area contributed by atoms with Crippen LogP contribution in [0, 0.1) is 13.8 Å². The highest BCUT2D eigenvalue weighted by Gasteiger charge is 2.26. The molecule has 0 saturated heterocycles. The van der Waals surface area contributed by atoms with Gasteiger partial charge < -0.3 is 5.32 Å². The van der Waals surface area contributed by atoms with Gasteiger partial charge in [0.1, 0.15) is 0 Å². The average molecular weight is 246 g/mol. The van der Waals surface area contributed by atoms with Crippen LogP contribution in [0.5, 0.6) is 0 Å². The molecule has 1 N–H and O–H groups in total. The molecule has 3 rings (SSSR count). The molecule has 1 aromatic rings. The van der Waals surface area contributed by atoms with Gasteiger partial charge in [-0.25, -0.2) is 0 Å². The number of rotatable bonds is 1. The Morgan fingerprint density at radius 2 is 2.12 bits per heavy atom. The van der Waals surface area contributed by atoms with Gasteiger partial charge in [0.2, 0.25) is 0 Å². The number of nitrogens with zero attached hydrogens (tertiary/aromatic N) is 1. The summed E-state index contributed by atoms with van der Waals surface area (Å²) in [5.41, 5.74) is 5.95. The van der Waals surface area contributed by atoms with Crippen molar-refractivity contribution in [3.63, 3.8) is 0 Å². The summed E-state index contributed by atoms with van der Waals surface area (Å²) in [5.74, 6) is 1.13. The Balaban J connectivity index is 1.90. The van der Waals surface area contributed by atoms with Crippen LogP contribution in [0.3, 0.4) is 0 Å². The Hall–Kier alpha value is -0.960. The second kappa shape index (κ2) is 4.37. The molecule has 3 heteroatoms. The Kier molecular flexibility index (Phi) is 2.87. The maximum Gasteiger partial charge on any atom is 0.157 e. The van der Waals surface area contributed by atoms with Crippen molar-refractivity contribution in [2.75, 3.05) is 12.3 Å². The Labute approximate surface area is 107 Å². The molecule has 0 aromatic heterocycles. The summed E-state index contributed by atoms with van der Waals surface area (Å²) >= 11 is 1.85. The van der Waals surface area contributed by atoms with Gasteiger partial charge in [0, 0.05) is 5.75 Å². The zero-order valence-electron chi connectivity index (χ0n) is 10.4. The van der Waals surface area contributed by atoms with Gasteiger partial charge in [-0.05, 0) is 48.9 Å². The van der Waals surface area contributed by atoms with Crippen LogP contribution in [0.2, 0.25) is 0 Å². The molecule has 0 radical (unpaired) electrons. The fourth-order valence-corrected chi connectivity index (χ4v) is 3.64. The zero-order valence-corrected chi connectivity index (χ0v) is 11.2. The van der Waals surface area contributed by atoms with Gasteiger partial charge in [-0.3, -0.25) is 4.99 Å². The van der Waals surface area contributed by atoms with Crippen LogP contribution in [0.15, 0.2) is 17.1 Å². The van der Waals surface area contributed by atoms with Gasteiger partial charge >= 0.3 is 0 Å². The van der Waals surface area contributed by atoms with E-state index in [4.69, 9.17) is 0 Å². The predicted molar refractivity (Wildman–Crippen MR) is 74.9 cm³/mol. The summed E-state index contributed by atoms with van der Waals surface area (Å²) in [6.07, 6.45) is 2.42. The molecule has 0 saturated carbocycles. The third kappa shape index (κ3) is 1.97. The number of thioether (sulfide) groups is 1. The zero-order chi connectivity index (χ0) is 11.8. The first-order valence-electron chi connectivity index (χ1n) is 6.28. The number of hydrogen-bond acceptors (Lipinski definition) is 3. The molecule has 1 aliphatic carbocycles. The van der Waals surface area contributed by atoms with Crippen molar-refractivity contribution in [3.05, 3.63) is 34.4 Å². The number of aryl methyl sites for hydroxylation is 2. The van der Waals surface area contributed by atoms with E-state index in [0.29, 0.717) is 6.04 Å². The molecule has 0 spiro atoms. The third-order valence-corrected chi connectivity index (χ3v) is 4.63. The van der Waals surface area contributed by atoms with Gasteiger partial charge in [-0.2, -0.15) is 0 Å². The monoisotopic (exact) mass is 246 g/mol. The molecule has 2 nitrogen and oxygen atoms in total. The molecule has 17 heavy (non-hydrogen) atoms. The summed E-state index contributed by atoms with van der Waals surface area (Å²) in [5, 5.41) is 4.76. The summed E-state index contributed by atoms with van der Waals surface area (Å²) in [7, 11) is 0. The second-order valence-electron chi connectivity index (χ2n) is 4.86. The molecule has 0 amide bonds. The number of hydrogen-bond donors (Lipinski definition) is 1. The lowest BCUT2D eigenvalue weighted by Crippen LogP contribution is -2.24.